The summed E-state index contributed by atoms with van der Waals surface area (Å²) in [6, 6.07) is 8.66. The van der Waals surface area contributed by atoms with Crippen molar-refractivity contribution in [1.29, 1.82) is 0 Å². The summed E-state index contributed by atoms with van der Waals surface area (Å²) in [7, 11) is 1.30. The van der Waals surface area contributed by atoms with Crippen LogP contribution in [0.4, 0.5) is 8.78 Å². The van der Waals surface area contributed by atoms with Gasteiger partial charge in [-0.1, -0.05) is 17.7 Å². The van der Waals surface area contributed by atoms with Gasteiger partial charge in [-0.15, -0.1) is 0 Å². The number of benzene rings is 2. The molecule has 150 valence electrons. The number of carbonyl (C=O) groups is 2. The number of phenolic OH excluding ortho intramolecular Hbond substituents is 1. The van der Waals surface area contributed by atoms with E-state index in [1.165, 1.54) is 37.4 Å². The second kappa shape index (κ2) is 9.54. The zero-order valence-corrected chi connectivity index (χ0v) is 15.2. The Morgan fingerprint density at radius 1 is 1.14 bits per heavy atom. The highest BCUT2D eigenvalue weighted by molar-refractivity contribution is 5.94. The first-order valence-corrected chi connectivity index (χ1v) is 8.15. The molecule has 0 aliphatic rings. The van der Waals surface area contributed by atoms with Crippen molar-refractivity contribution in [1.82, 2.24) is 5.32 Å². The van der Waals surface area contributed by atoms with Gasteiger partial charge in [0.15, 0.2) is 18.1 Å². The molecule has 0 spiro atoms. The van der Waals surface area contributed by atoms with Crippen LogP contribution in [0.3, 0.4) is 0 Å². The molecule has 0 aliphatic carbocycles. The quantitative estimate of drug-likeness (QED) is 0.668. The monoisotopic (exact) mass is 395 g/mol. The highest BCUT2D eigenvalue weighted by atomic mass is 19.3. The lowest BCUT2D eigenvalue weighted by molar-refractivity contribution is -0.124. The standard InChI is InChI=1S/C19H19F2NO6/c1-11-3-5-14(23)13(7-11)18(25)27-10-17(24)22-9-12-4-6-15(28-19(20)21)16(8-12)26-2/h3-8,19,23H,9-10H2,1-2H3,(H,22,24). The Labute approximate surface area is 159 Å². The summed E-state index contributed by atoms with van der Waals surface area (Å²) in [5.41, 5.74) is 1.28. The molecule has 0 radical (unpaired) electrons. The Hall–Kier alpha value is -3.36. The van der Waals surface area contributed by atoms with E-state index in [0.717, 1.165) is 5.56 Å². The lowest BCUT2D eigenvalue weighted by Gasteiger charge is -2.12. The van der Waals surface area contributed by atoms with E-state index in [1.807, 2.05) is 0 Å². The number of methoxy groups -OCH3 is 1. The smallest absolute Gasteiger partial charge is 0.387 e. The summed E-state index contributed by atoms with van der Waals surface area (Å²) < 4.78 is 38.8. The summed E-state index contributed by atoms with van der Waals surface area (Å²) in [4.78, 5) is 23.8. The number of amides is 1. The predicted molar refractivity (Wildman–Crippen MR) is 94.6 cm³/mol. The zero-order valence-electron chi connectivity index (χ0n) is 15.2. The average Bonchev–Trinajstić information content (AvgIpc) is 2.66. The molecule has 1 amide bonds. The Balaban J connectivity index is 1.88. The van der Waals surface area contributed by atoms with Crippen LogP contribution in [0.1, 0.15) is 21.5 Å². The van der Waals surface area contributed by atoms with Crippen molar-refractivity contribution < 1.29 is 37.7 Å². The van der Waals surface area contributed by atoms with Crippen LogP contribution in [-0.2, 0) is 16.1 Å². The Morgan fingerprint density at radius 3 is 2.57 bits per heavy atom. The second-order valence-corrected chi connectivity index (χ2v) is 5.74. The summed E-state index contributed by atoms with van der Waals surface area (Å²) >= 11 is 0. The number of aryl methyl sites for hydroxylation is 1. The van der Waals surface area contributed by atoms with E-state index in [2.05, 4.69) is 10.1 Å². The molecule has 0 atom stereocenters. The number of phenols is 1. The Morgan fingerprint density at radius 2 is 1.89 bits per heavy atom. The van der Waals surface area contributed by atoms with Crippen LogP contribution in [0.15, 0.2) is 36.4 Å². The van der Waals surface area contributed by atoms with Gasteiger partial charge in [-0.3, -0.25) is 4.79 Å². The molecule has 7 nitrogen and oxygen atoms in total. The molecule has 0 unspecified atom stereocenters. The topological polar surface area (TPSA) is 94.1 Å². The van der Waals surface area contributed by atoms with Crippen molar-refractivity contribution in [3.8, 4) is 17.2 Å². The highest BCUT2D eigenvalue weighted by Crippen LogP contribution is 2.29. The van der Waals surface area contributed by atoms with Gasteiger partial charge in [-0.25, -0.2) is 4.79 Å². The van der Waals surface area contributed by atoms with Crippen molar-refractivity contribution in [3.63, 3.8) is 0 Å². The minimum absolute atomic E-state index is 0.0350. The number of hydrogen-bond acceptors (Lipinski definition) is 6. The predicted octanol–water partition coefficient (Wildman–Crippen LogP) is 2.78. The number of aromatic hydroxyl groups is 1. The fraction of sp³-hybridized carbons (Fsp3) is 0.263. The Kier molecular flexibility index (Phi) is 7.14. The van der Waals surface area contributed by atoms with E-state index in [4.69, 9.17) is 9.47 Å². The molecule has 0 saturated carbocycles. The molecule has 0 aliphatic heterocycles. The maximum atomic E-state index is 12.3. The van der Waals surface area contributed by atoms with Crippen LogP contribution in [0.25, 0.3) is 0 Å². The van der Waals surface area contributed by atoms with Gasteiger partial charge in [0, 0.05) is 6.54 Å². The molecule has 0 heterocycles. The maximum absolute atomic E-state index is 12.3. The Bertz CT molecular complexity index is 856. The fourth-order valence-corrected chi connectivity index (χ4v) is 2.29. The molecule has 28 heavy (non-hydrogen) atoms. The van der Waals surface area contributed by atoms with E-state index in [-0.39, 0.29) is 29.4 Å². The lowest BCUT2D eigenvalue weighted by Crippen LogP contribution is -2.28. The number of halogens is 2. The first kappa shape index (κ1) is 20.9. The van der Waals surface area contributed by atoms with E-state index in [1.54, 1.807) is 13.0 Å². The number of carbonyl (C=O) groups excluding carboxylic acids is 2. The van der Waals surface area contributed by atoms with Crippen molar-refractivity contribution in [2.24, 2.45) is 0 Å². The first-order chi connectivity index (χ1) is 13.3. The third-order valence-corrected chi connectivity index (χ3v) is 3.64. The summed E-state index contributed by atoms with van der Waals surface area (Å²) in [5.74, 6) is -1.68. The molecule has 0 saturated heterocycles. The number of rotatable bonds is 8. The molecule has 0 bridgehead atoms. The molecule has 2 N–H and O–H groups in total. The van der Waals surface area contributed by atoms with Crippen LogP contribution < -0.4 is 14.8 Å². The van der Waals surface area contributed by atoms with Crippen LogP contribution in [0.5, 0.6) is 17.2 Å². The number of hydrogen-bond donors (Lipinski definition) is 2. The molecular weight excluding hydrogens is 376 g/mol. The third-order valence-electron chi connectivity index (χ3n) is 3.64. The minimum atomic E-state index is -2.98. The zero-order chi connectivity index (χ0) is 20.7. The van der Waals surface area contributed by atoms with Crippen LogP contribution in [0.2, 0.25) is 0 Å². The molecule has 2 aromatic rings. The van der Waals surface area contributed by atoms with Gasteiger partial charge in [0.2, 0.25) is 0 Å². The molecular formula is C19H19F2NO6. The van der Waals surface area contributed by atoms with E-state index < -0.39 is 25.1 Å². The molecule has 2 aromatic carbocycles. The van der Waals surface area contributed by atoms with E-state index in [9.17, 15) is 23.5 Å². The summed E-state index contributed by atoms with van der Waals surface area (Å²) in [6.07, 6.45) is 0. The van der Waals surface area contributed by atoms with Gasteiger partial charge < -0.3 is 24.6 Å². The number of ether oxygens (including phenoxy) is 3. The summed E-state index contributed by atoms with van der Waals surface area (Å²) in [5, 5.41) is 12.2. The van der Waals surface area contributed by atoms with Crippen molar-refractivity contribution in [2.45, 2.75) is 20.1 Å². The SMILES string of the molecule is COc1cc(CNC(=O)COC(=O)c2cc(C)ccc2O)ccc1OC(F)F. The second-order valence-electron chi connectivity index (χ2n) is 5.74. The van der Waals surface area contributed by atoms with Gasteiger partial charge in [-0.05, 0) is 36.8 Å². The minimum Gasteiger partial charge on any atom is -0.507 e. The maximum Gasteiger partial charge on any atom is 0.387 e. The van der Waals surface area contributed by atoms with Crippen LogP contribution in [0, 0.1) is 6.92 Å². The van der Waals surface area contributed by atoms with Gasteiger partial charge in [0.25, 0.3) is 5.91 Å². The lowest BCUT2D eigenvalue weighted by atomic mass is 10.1. The van der Waals surface area contributed by atoms with Gasteiger partial charge >= 0.3 is 12.6 Å². The van der Waals surface area contributed by atoms with E-state index in [0.29, 0.717) is 5.56 Å². The average molecular weight is 395 g/mol. The summed E-state index contributed by atoms with van der Waals surface area (Å²) in [6.45, 7) is -1.73. The fourth-order valence-electron chi connectivity index (χ4n) is 2.29. The molecule has 2 rings (SSSR count). The highest BCUT2D eigenvalue weighted by Gasteiger charge is 2.15. The molecule has 9 heteroatoms. The van der Waals surface area contributed by atoms with Crippen LogP contribution >= 0.6 is 0 Å². The number of esters is 1. The third kappa shape index (κ3) is 5.83. The number of nitrogens with one attached hydrogen (secondary N) is 1. The van der Waals surface area contributed by atoms with Gasteiger partial charge in [0.1, 0.15) is 11.3 Å². The first-order valence-electron chi connectivity index (χ1n) is 8.15. The van der Waals surface area contributed by atoms with Gasteiger partial charge in [0.05, 0.1) is 7.11 Å². The molecule has 0 aromatic heterocycles. The van der Waals surface area contributed by atoms with Crippen molar-refractivity contribution in [3.05, 3.63) is 53.1 Å². The van der Waals surface area contributed by atoms with Crippen molar-refractivity contribution >= 4 is 11.9 Å². The molecule has 0 fully saturated rings. The van der Waals surface area contributed by atoms with E-state index >= 15 is 0 Å². The normalized spacial score (nSPS) is 10.5. The van der Waals surface area contributed by atoms with Crippen LogP contribution in [-0.4, -0.2) is 37.3 Å². The largest absolute Gasteiger partial charge is 0.507 e. The number of alkyl halides is 2. The van der Waals surface area contributed by atoms with Gasteiger partial charge in [-0.2, -0.15) is 8.78 Å². The van der Waals surface area contributed by atoms with Crippen molar-refractivity contribution in [2.75, 3.05) is 13.7 Å².